The van der Waals surface area contributed by atoms with Gasteiger partial charge in [0.25, 0.3) is 0 Å². The number of carbonyl (C=O) groups is 1. The maximum Gasteiger partial charge on any atom is 0.220 e. The molecule has 0 radical (unpaired) electrons. The number of carbonyl (C=O) groups excluding carboxylic acids is 1. The van der Waals surface area contributed by atoms with E-state index in [1.54, 1.807) is 6.08 Å². The van der Waals surface area contributed by atoms with E-state index < -0.39 is 86.8 Å². The molecule has 2 saturated heterocycles. The summed E-state index contributed by atoms with van der Waals surface area (Å²) in [5.41, 5.74) is 0. The van der Waals surface area contributed by atoms with E-state index in [1.165, 1.54) is 186 Å². The molecular formula is C59H113NO13. The van der Waals surface area contributed by atoms with Gasteiger partial charge in [0.15, 0.2) is 12.6 Å². The van der Waals surface area contributed by atoms with Crippen molar-refractivity contribution in [1.82, 2.24) is 5.32 Å². The van der Waals surface area contributed by atoms with E-state index in [2.05, 4.69) is 19.2 Å². The molecule has 2 heterocycles. The minimum atomic E-state index is -1.78. The first-order chi connectivity index (χ1) is 35.6. The van der Waals surface area contributed by atoms with E-state index in [4.69, 9.17) is 18.9 Å². The minimum absolute atomic E-state index is 0.246. The third-order valence-corrected chi connectivity index (χ3v) is 15.2. The van der Waals surface area contributed by atoms with E-state index in [1.807, 2.05) is 6.08 Å². The molecule has 0 aromatic carbocycles. The molecule has 432 valence electrons. The summed E-state index contributed by atoms with van der Waals surface area (Å²) in [5.74, 6) is -0.246. The van der Waals surface area contributed by atoms with Crippen LogP contribution in [-0.4, -0.2) is 140 Å². The molecule has 2 aliphatic rings. The topological polar surface area (TPSA) is 228 Å². The molecule has 2 aliphatic heterocycles. The third kappa shape index (κ3) is 31.7. The highest BCUT2D eigenvalue weighted by molar-refractivity contribution is 5.76. The quantitative estimate of drug-likeness (QED) is 0.0204. The zero-order valence-electron chi connectivity index (χ0n) is 46.4. The molecule has 73 heavy (non-hydrogen) atoms. The number of rotatable bonds is 49. The van der Waals surface area contributed by atoms with Crippen LogP contribution in [0.1, 0.15) is 264 Å². The Morgan fingerprint density at radius 3 is 1.26 bits per heavy atom. The third-order valence-electron chi connectivity index (χ3n) is 15.2. The Labute approximate surface area is 444 Å². The summed E-state index contributed by atoms with van der Waals surface area (Å²) >= 11 is 0. The Balaban J connectivity index is 1.57. The molecule has 14 heteroatoms. The number of amides is 1. The second kappa shape index (κ2) is 45.7. The molecule has 2 fully saturated rings. The van der Waals surface area contributed by atoms with Crippen molar-refractivity contribution in [2.75, 3.05) is 19.8 Å². The molecule has 0 aliphatic carbocycles. The summed E-state index contributed by atoms with van der Waals surface area (Å²) in [6.45, 7) is 2.74. The highest BCUT2D eigenvalue weighted by atomic mass is 16.7. The molecule has 0 spiro atoms. The molecule has 14 nitrogen and oxygen atoms in total. The molecule has 2 rings (SSSR count). The number of unbranched alkanes of at least 4 members (excludes halogenated alkanes) is 36. The van der Waals surface area contributed by atoms with Crippen LogP contribution >= 0.6 is 0 Å². The fourth-order valence-corrected chi connectivity index (χ4v) is 10.3. The summed E-state index contributed by atoms with van der Waals surface area (Å²) in [6.07, 6.45) is 36.3. The molecule has 0 bridgehead atoms. The first-order valence-electron chi connectivity index (χ1n) is 30.4. The van der Waals surface area contributed by atoms with Gasteiger partial charge >= 0.3 is 0 Å². The average Bonchev–Trinajstić information content (AvgIpc) is 3.39. The highest BCUT2D eigenvalue weighted by Gasteiger charge is 2.51. The van der Waals surface area contributed by atoms with Crippen LogP contribution in [0.3, 0.4) is 0 Å². The molecule has 12 unspecified atom stereocenters. The molecule has 0 aromatic rings. The van der Waals surface area contributed by atoms with Gasteiger partial charge in [0.1, 0.15) is 48.8 Å². The Morgan fingerprint density at radius 1 is 0.479 bits per heavy atom. The predicted octanol–water partition coefficient (Wildman–Crippen LogP) is 10.3. The maximum absolute atomic E-state index is 13.0. The van der Waals surface area contributed by atoms with Gasteiger partial charge in [0.05, 0.1) is 32.0 Å². The van der Waals surface area contributed by atoms with Crippen molar-refractivity contribution in [2.45, 2.75) is 338 Å². The number of aliphatic hydroxyl groups excluding tert-OH is 8. The largest absolute Gasteiger partial charge is 0.394 e. The van der Waals surface area contributed by atoms with Crippen LogP contribution in [0.25, 0.3) is 0 Å². The highest BCUT2D eigenvalue weighted by Crippen LogP contribution is 2.30. The lowest BCUT2D eigenvalue weighted by atomic mass is 9.97. The first kappa shape index (κ1) is 67.8. The fourth-order valence-electron chi connectivity index (χ4n) is 10.3. The molecule has 0 saturated carbocycles. The smallest absolute Gasteiger partial charge is 0.220 e. The lowest BCUT2D eigenvalue weighted by Crippen LogP contribution is -2.65. The maximum atomic E-state index is 13.0. The van der Waals surface area contributed by atoms with Gasteiger partial charge in [-0.2, -0.15) is 0 Å². The Hall–Kier alpha value is -1.27. The Bertz CT molecular complexity index is 1280. The van der Waals surface area contributed by atoms with Crippen LogP contribution in [0.4, 0.5) is 0 Å². The Morgan fingerprint density at radius 2 is 0.849 bits per heavy atom. The van der Waals surface area contributed by atoms with Gasteiger partial charge < -0.3 is 65.1 Å². The number of hydrogen-bond acceptors (Lipinski definition) is 13. The van der Waals surface area contributed by atoms with Crippen LogP contribution in [0, 0.1) is 0 Å². The normalized spacial score (nSPS) is 25.4. The van der Waals surface area contributed by atoms with E-state index in [9.17, 15) is 45.6 Å². The summed E-state index contributed by atoms with van der Waals surface area (Å²) < 4.78 is 22.7. The van der Waals surface area contributed by atoms with Gasteiger partial charge in [0, 0.05) is 6.42 Å². The van der Waals surface area contributed by atoms with Gasteiger partial charge in [0.2, 0.25) is 5.91 Å². The summed E-state index contributed by atoms with van der Waals surface area (Å²) in [7, 11) is 0. The zero-order chi connectivity index (χ0) is 53.2. The van der Waals surface area contributed by atoms with Gasteiger partial charge in [-0.15, -0.1) is 0 Å². The minimum Gasteiger partial charge on any atom is -0.394 e. The average molecular weight is 1040 g/mol. The SMILES string of the molecule is CCCCCCCCCCCCCCCCCCCCCCCCCCCCCCCCC/C=C/C(O)C(COC1OC(CO)C(OC2OC(CO)C(O)C(O)C2O)C(O)C1O)NC(=O)CCCCCCCC. The predicted molar refractivity (Wildman–Crippen MR) is 291 cm³/mol. The van der Waals surface area contributed by atoms with Gasteiger partial charge in [-0.3, -0.25) is 4.79 Å². The monoisotopic (exact) mass is 1040 g/mol. The van der Waals surface area contributed by atoms with Crippen molar-refractivity contribution < 1.29 is 64.6 Å². The van der Waals surface area contributed by atoms with E-state index >= 15 is 0 Å². The van der Waals surface area contributed by atoms with Crippen molar-refractivity contribution in [1.29, 1.82) is 0 Å². The number of ether oxygens (including phenoxy) is 4. The molecule has 0 aromatic heterocycles. The second-order valence-electron chi connectivity index (χ2n) is 21.8. The first-order valence-corrected chi connectivity index (χ1v) is 30.4. The van der Waals surface area contributed by atoms with Gasteiger partial charge in [-0.05, 0) is 19.3 Å². The number of hydrogen-bond donors (Lipinski definition) is 9. The van der Waals surface area contributed by atoms with Crippen molar-refractivity contribution in [3.05, 3.63) is 12.2 Å². The van der Waals surface area contributed by atoms with Crippen LogP contribution < -0.4 is 5.32 Å². The summed E-state index contributed by atoms with van der Waals surface area (Å²) in [6, 6.07) is -0.907. The summed E-state index contributed by atoms with van der Waals surface area (Å²) in [4.78, 5) is 13.0. The molecule has 9 N–H and O–H groups in total. The van der Waals surface area contributed by atoms with Crippen LogP contribution in [0.2, 0.25) is 0 Å². The van der Waals surface area contributed by atoms with E-state index in [0.29, 0.717) is 6.42 Å². The molecular weight excluding hydrogens is 931 g/mol. The lowest BCUT2D eigenvalue weighted by Gasteiger charge is -2.46. The van der Waals surface area contributed by atoms with Crippen LogP contribution in [-0.2, 0) is 23.7 Å². The van der Waals surface area contributed by atoms with E-state index in [-0.39, 0.29) is 18.9 Å². The van der Waals surface area contributed by atoms with Crippen molar-refractivity contribution in [3.8, 4) is 0 Å². The number of aliphatic hydroxyl groups is 8. The van der Waals surface area contributed by atoms with Crippen molar-refractivity contribution in [3.63, 3.8) is 0 Å². The van der Waals surface area contributed by atoms with Gasteiger partial charge in [-0.25, -0.2) is 0 Å². The zero-order valence-corrected chi connectivity index (χ0v) is 46.4. The summed E-state index contributed by atoms with van der Waals surface area (Å²) in [5, 5.41) is 86.6. The second-order valence-corrected chi connectivity index (χ2v) is 21.8. The standard InChI is InChI=1S/C59H113NO13/c1-3-5-7-9-11-12-13-14-15-16-17-18-19-20-21-22-23-24-25-26-27-28-29-30-31-32-33-34-35-36-37-38-40-42-48(63)47(60-51(64)43-41-39-10-8-6-4-2)46-70-58-56(69)54(67)57(50(45-62)72-58)73-59-55(68)53(66)52(65)49(44-61)71-59/h40,42,47-50,52-59,61-63,65-69H,3-39,41,43-46H2,1-2H3,(H,60,64)/b42-40+. The molecule has 12 atom stereocenters. The lowest BCUT2D eigenvalue weighted by molar-refractivity contribution is -0.359. The van der Waals surface area contributed by atoms with E-state index in [0.717, 1.165) is 51.4 Å². The number of allylic oxidation sites excluding steroid dienone is 1. The van der Waals surface area contributed by atoms with Crippen LogP contribution in [0.5, 0.6) is 0 Å². The van der Waals surface area contributed by atoms with Gasteiger partial charge in [-0.1, -0.05) is 251 Å². The molecule has 1 amide bonds. The fraction of sp³-hybridized carbons (Fsp3) is 0.949. The van der Waals surface area contributed by atoms with Crippen molar-refractivity contribution in [2.24, 2.45) is 0 Å². The van der Waals surface area contributed by atoms with Crippen LogP contribution in [0.15, 0.2) is 12.2 Å². The number of nitrogens with one attached hydrogen (secondary N) is 1. The van der Waals surface area contributed by atoms with Crippen molar-refractivity contribution >= 4 is 5.91 Å². The Kier molecular flexibility index (Phi) is 42.5.